The van der Waals surface area contributed by atoms with E-state index in [2.05, 4.69) is 15.0 Å². The van der Waals surface area contributed by atoms with E-state index in [4.69, 9.17) is 17.2 Å². The third kappa shape index (κ3) is 2.97. The Morgan fingerprint density at radius 1 is 1.12 bits per heavy atom. The van der Waals surface area contributed by atoms with E-state index in [9.17, 15) is 0 Å². The van der Waals surface area contributed by atoms with Gasteiger partial charge in [0.05, 0.1) is 0 Å². The Morgan fingerprint density at radius 2 is 1.82 bits per heavy atom. The highest BCUT2D eigenvalue weighted by atomic mass is 32.2. The van der Waals surface area contributed by atoms with Crippen molar-refractivity contribution >= 4 is 29.2 Å². The van der Waals surface area contributed by atoms with Crippen molar-refractivity contribution in [3.63, 3.8) is 0 Å². The number of nitrogens with two attached hydrogens (primary N) is 3. The van der Waals surface area contributed by atoms with Gasteiger partial charge in [0.1, 0.15) is 17.5 Å². The maximum absolute atomic E-state index is 5.73. The lowest BCUT2D eigenvalue weighted by molar-refractivity contribution is 0.984. The van der Waals surface area contributed by atoms with Crippen molar-refractivity contribution in [2.45, 2.75) is 10.9 Å². The molecule has 2 heterocycles. The van der Waals surface area contributed by atoms with E-state index in [1.807, 2.05) is 12.1 Å². The summed E-state index contributed by atoms with van der Waals surface area (Å²) in [5.41, 5.74) is 17.8. The van der Waals surface area contributed by atoms with E-state index in [0.29, 0.717) is 28.4 Å². The van der Waals surface area contributed by atoms with E-state index in [0.717, 1.165) is 5.56 Å². The highest BCUT2D eigenvalue weighted by Gasteiger charge is 2.04. The molecule has 0 amide bonds. The lowest BCUT2D eigenvalue weighted by Gasteiger charge is -2.04. The molecule has 7 heteroatoms. The van der Waals surface area contributed by atoms with Crippen molar-refractivity contribution in [2.24, 2.45) is 0 Å². The van der Waals surface area contributed by atoms with Crippen LogP contribution in [0.5, 0.6) is 0 Å². The standard InChI is InChI=1S/C10H12N6S/c11-7-4-8(12)16-10(15-7)17-5-6-2-1-3-14-9(6)13/h1-4H,5H2,(H2,13,14)(H4,11,12,15,16). The predicted molar refractivity (Wildman–Crippen MR) is 69.1 cm³/mol. The third-order valence-electron chi connectivity index (χ3n) is 2.03. The molecule has 0 bridgehead atoms. The van der Waals surface area contributed by atoms with Crippen molar-refractivity contribution in [2.75, 3.05) is 17.2 Å². The Kier molecular flexibility index (Phi) is 3.29. The van der Waals surface area contributed by atoms with Gasteiger partial charge in [0.25, 0.3) is 0 Å². The van der Waals surface area contributed by atoms with Gasteiger partial charge in [-0.3, -0.25) is 0 Å². The monoisotopic (exact) mass is 248 g/mol. The molecule has 0 saturated carbocycles. The Hall–Kier alpha value is -2.02. The number of pyridine rings is 1. The molecule has 0 spiro atoms. The largest absolute Gasteiger partial charge is 0.383 e. The van der Waals surface area contributed by atoms with Crippen LogP contribution in [-0.4, -0.2) is 15.0 Å². The Labute approximate surface area is 103 Å². The quantitative estimate of drug-likeness (QED) is 0.546. The van der Waals surface area contributed by atoms with Crippen molar-refractivity contribution in [3.8, 4) is 0 Å². The third-order valence-corrected chi connectivity index (χ3v) is 2.92. The van der Waals surface area contributed by atoms with E-state index in [-0.39, 0.29) is 0 Å². The average molecular weight is 248 g/mol. The van der Waals surface area contributed by atoms with E-state index >= 15 is 0 Å². The van der Waals surface area contributed by atoms with Crippen LogP contribution in [0.1, 0.15) is 5.56 Å². The molecule has 0 aliphatic heterocycles. The molecule has 0 aliphatic carbocycles. The van der Waals surface area contributed by atoms with Gasteiger partial charge in [0, 0.05) is 23.6 Å². The number of thioether (sulfide) groups is 1. The highest BCUT2D eigenvalue weighted by molar-refractivity contribution is 7.98. The summed E-state index contributed by atoms with van der Waals surface area (Å²) in [5.74, 6) is 1.86. The van der Waals surface area contributed by atoms with Crippen LogP contribution in [0.3, 0.4) is 0 Å². The molecule has 17 heavy (non-hydrogen) atoms. The lowest BCUT2D eigenvalue weighted by Crippen LogP contribution is -2.00. The van der Waals surface area contributed by atoms with Gasteiger partial charge in [-0.15, -0.1) is 0 Å². The van der Waals surface area contributed by atoms with Crippen LogP contribution in [-0.2, 0) is 5.75 Å². The Morgan fingerprint density at radius 3 is 2.47 bits per heavy atom. The van der Waals surface area contributed by atoms with E-state index in [1.54, 1.807) is 6.20 Å². The molecule has 0 atom stereocenters. The summed E-state index contributed by atoms with van der Waals surface area (Å²) in [5, 5.41) is 0.533. The van der Waals surface area contributed by atoms with Gasteiger partial charge >= 0.3 is 0 Å². The minimum atomic E-state index is 0.360. The van der Waals surface area contributed by atoms with Gasteiger partial charge in [-0.1, -0.05) is 17.8 Å². The van der Waals surface area contributed by atoms with E-state index in [1.165, 1.54) is 17.8 Å². The zero-order valence-electron chi connectivity index (χ0n) is 9.00. The average Bonchev–Trinajstić information content (AvgIpc) is 2.27. The molecular weight excluding hydrogens is 236 g/mol. The molecule has 2 rings (SSSR count). The molecule has 6 nitrogen and oxygen atoms in total. The molecule has 0 saturated heterocycles. The Bertz CT molecular complexity index is 510. The summed E-state index contributed by atoms with van der Waals surface area (Å²) in [6.45, 7) is 0. The van der Waals surface area contributed by atoms with Crippen molar-refractivity contribution in [1.29, 1.82) is 0 Å². The molecular formula is C10H12N6S. The van der Waals surface area contributed by atoms with Crippen molar-refractivity contribution in [1.82, 2.24) is 15.0 Å². The smallest absolute Gasteiger partial charge is 0.191 e. The summed E-state index contributed by atoms with van der Waals surface area (Å²) in [4.78, 5) is 12.1. The Balaban J connectivity index is 2.10. The maximum Gasteiger partial charge on any atom is 0.191 e. The summed E-state index contributed by atoms with van der Waals surface area (Å²) in [6, 6.07) is 5.26. The highest BCUT2D eigenvalue weighted by Crippen LogP contribution is 2.22. The van der Waals surface area contributed by atoms with Gasteiger partial charge in [-0.25, -0.2) is 15.0 Å². The van der Waals surface area contributed by atoms with Crippen molar-refractivity contribution in [3.05, 3.63) is 30.0 Å². The van der Waals surface area contributed by atoms with Crippen LogP contribution in [0.15, 0.2) is 29.6 Å². The van der Waals surface area contributed by atoms with Gasteiger partial charge in [0.2, 0.25) is 0 Å². The minimum Gasteiger partial charge on any atom is -0.383 e. The first-order valence-electron chi connectivity index (χ1n) is 4.87. The topological polar surface area (TPSA) is 117 Å². The van der Waals surface area contributed by atoms with E-state index < -0.39 is 0 Å². The lowest BCUT2D eigenvalue weighted by atomic mass is 10.3. The first-order valence-corrected chi connectivity index (χ1v) is 5.86. The van der Waals surface area contributed by atoms with Gasteiger partial charge in [-0.2, -0.15) is 0 Å². The number of nitrogens with zero attached hydrogens (tertiary/aromatic N) is 3. The van der Waals surface area contributed by atoms with Crippen LogP contribution >= 0.6 is 11.8 Å². The molecule has 6 N–H and O–H groups in total. The minimum absolute atomic E-state index is 0.360. The fourth-order valence-electron chi connectivity index (χ4n) is 1.24. The van der Waals surface area contributed by atoms with Crippen LogP contribution in [0.4, 0.5) is 17.5 Å². The summed E-state index contributed by atoms with van der Waals surface area (Å²) >= 11 is 1.41. The summed E-state index contributed by atoms with van der Waals surface area (Å²) < 4.78 is 0. The van der Waals surface area contributed by atoms with Crippen LogP contribution in [0.25, 0.3) is 0 Å². The fraction of sp³-hybridized carbons (Fsp3) is 0.100. The normalized spacial score (nSPS) is 10.4. The molecule has 2 aromatic rings. The fourth-order valence-corrected chi connectivity index (χ4v) is 2.11. The zero-order chi connectivity index (χ0) is 12.3. The molecule has 0 fully saturated rings. The SMILES string of the molecule is Nc1cc(N)nc(SCc2cccnc2N)n1. The maximum atomic E-state index is 5.73. The molecule has 0 unspecified atom stereocenters. The summed E-state index contributed by atoms with van der Waals surface area (Å²) in [7, 11) is 0. The second-order valence-electron chi connectivity index (χ2n) is 3.34. The number of hydrogen-bond donors (Lipinski definition) is 3. The number of hydrogen-bond acceptors (Lipinski definition) is 7. The first-order chi connectivity index (χ1) is 8.15. The van der Waals surface area contributed by atoms with Crippen LogP contribution < -0.4 is 17.2 Å². The first kappa shape index (κ1) is 11.5. The number of anilines is 3. The number of nitrogen functional groups attached to an aromatic ring is 3. The molecule has 0 radical (unpaired) electrons. The number of aromatic nitrogens is 3. The van der Waals surface area contributed by atoms with Gasteiger partial charge in [-0.05, 0) is 6.07 Å². The second-order valence-corrected chi connectivity index (χ2v) is 4.28. The van der Waals surface area contributed by atoms with Gasteiger partial charge in [0.15, 0.2) is 5.16 Å². The molecule has 0 aromatic carbocycles. The van der Waals surface area contributed by atoms with Gasteiger partial charge < -0.3 is 17.2 Å². The molecule has 2 aromatic heterocycles. The summed E-state index contributed by atoms with van der Waals surface area (Å²) in [6.07, 6.45) is 1.65. The molecule has 88 valence electrons. The van der Waals surface area contributed by atoms with Crippen LogP contribution in [0.2, 0.25) is 0 Å². The number of rotatable bonds is 3. The second kappa shape index (κ2) is 4.88. The predicted octanol–water partition coefficient (Wildman–Crippen LogP) is 0.911. The van der Waals surface area contributed by atoms with Crippen molar-refractivity contribution < 1.29 is 0 Å². The van der Waals surface area contributed by atoms with Crippen LogP contribution in [0, 0.1) is 0 Å². The zero-order valence-corrected chi connectivity index (χ0v) is 9.81. The molecule has 0 aliphatic rings.